The quantitative estimate of drug-likeness (QED) is 0.284. The number of hydrogen-bond acceptors (Lipinski definition) is 4. The van der Waals surface area contributed by atoms with E-state index < -0.39 is 28.1 Å². The summed E-state index contributed by atoms with van der Waals surface area (Å²) < 4.78 is 18.0. The molecule has 22 heavy (non-hydrogen) atoms. The maximum absolute atomic E-state index is 13.1. The lowest BCUT2D eigenvalue weighted by Gasteiger charge is -2.02. The number of carbonyl (C=O) groups excluding carboxylic acids is 1. The van der Waals surface area contributed by atoms with E-state index in [9.17, 15) is 19.3 Å². The maximum atomic E-state index is 13.1. The first kappa shape index (κ1) is 15.4. The number of aryl methyl sites for hydroxylation is 1. The summed E-state index contributed by atoms with van der Waals surface area (Å²) in [4.78, 5) is 21.8. The SMILES string of the molecule is Cc1cccc(/C=C/C(=O)Oc2cc(F)ccc2[N+](=O)[O-])c1. The molecule has 112 valence electrons. The third kappa shape index (κ3) is 3.99. The molecule has 0 aliphatic carbocycles. The highest BCUT2D eigenvalue weighted by Gasteiger charge is 2.17. The van der Waals surface area contributed by atoms with Gasteiger partial charge in [-0.15, -0.1) is 0 Å². The molecule has 0 aromatic heterocycles. The Morgan fingerprint density at radius 1 is 1.27 bits per heavy atom. The van der Waals surface area contributed by atoms with E-state index >= 15 is 0 Å². The summed E-state index contributed by atoms with van der Waals surface area (Å²) in [5, 5.41) is 10.8. The number of nitrogens with zero attached hydrogens (tertiary/aromatic N) is 1. The molecule has 0 fully saturated rings. The van der Waals surface area contributed by atoms with E-state index in [1.165, 1.54) is 6.08 Å². The van der Waals surface area contributed by atoms with Gasteiger partial charge >= 0.3 is 11.7 Å². The van der Waals surface area contributed by atoms with Gasteiger partial charge in [-0.25, -0.2) is 9.18 Å². The molecule has 0 N–H and O–H groups in total. The first-order valence-electron chi connectivity index (χ1n) is 6.36. The fraction of sp³-hybridized carbons (Fsp3) is 0.0625. The van der Waals surface area contributed by atoms with Gasteiger partial charge in [0.1, 0.15) is 5.82 Å². The lowest BCUT2D eigenvalue weighted by Crippen LogP contribution is -2.06. The van der Waals surface area contributed by atoms with Gasteiger partial charge in [0, 0.05) is 18.2 Å². The van der Waals surface area contributed by atoms with Crippen LogP contribution in [0.3, 0.4) is 0 Å². The van der Waals surface area contributed by atoms with Gasteiger partial charge in [0.05, 0.1) is 4.92 Å². The van der Waals surface area contributed by atoms with Crippen molar-refractivity contribution in [3.63, 3.8) is 0 Å². The Labute approximate surface area is 125 Å². The van der Waals surface area contributed by atoms with Crippen LogP contribution >= 0.6 is 0 Å². The van der Waals surface area contributed by atoms with E-state index in [-0.39, 0.29) is 0 Å². The van der Waals surface area contributed by atoms with Crippen LogP contribution < -0.4 is 4.74 Å². The van der Waals surface area contributed by atoms with Gasteiger partial charge in [0.15, 0.2) is 0 Å². The van der Waals surface area contributed by atoms with Crippen molar-refractivity contribution in [1.82, 2.24) is 0 Å². The second-order valence-electron chi connectivity index (χ2n) is 4.54. The van der Waals surface area contributed by atoms with Crippen molar-refractivity contribution in [3.05, 3.63) is 75.6 Å². The molecule has 0 saturated heterocycles. The molecule has 0 bridgehead atoms. The lowest BCUT2D eigenvalue weighted by atomic mass is 10.1. The summed E-state index contributed by atoms with van der Waals surface area (Å²) in [5.41, 5.74) is 1.33. The highest BCUT2D eigenvalue weighted by atomic mass is 19.1. The number of ether oxygens (including phenoxy) is 1. The summed E-state index contributed by atoms with van der Waals surface area (Å²) in [5.74, 6) is -1.98. The normalized spacial score (nSPS) is 10.6. The van der Waals surface area contributed by atoms with Crippen LogP contribution in [-0.2, 0) is 4.79 Å². The number of carbonyl (C=O) groups is 1. The molecule has 2 aromatic rings. The predicted octanol–water partition coefficient (Wildman–Crippen LogP) is 3.66. The number of nitro groups is 1. The molecule has 0 aliphatic rings. The van der Waals surface area contributed by atoms with Crippen molar-refractivity contribution in [2.24, 2.45) is 0 Å². The number of rotatable bonds is 4. The molecule has 2 rings (SSSR count). The van der Waals surface area contributed by atoms with Gasteiger partial charge in [-0.2, -0.15) is 0 Å². The number of nitro benzene ring substituents is 1. The summed E-state index contributed by atoms with van der Waals surface area (Å²) in [6.07, 6.45) is 2.64. The fourth-order valence-corrected chi connectivity index (χ4v) is 1.80. The first-order chi connectivity index (χ1) is 10.5. The molecule has 0 saturated carbocycles. The Balaban J connectivity index is 2.15. The molecule has 0 unspecified atom stereocenters. The smallest absolute Gasteiger partial charge is 0.336 e. The molecule has 5 nitrogen and oxygen atoms in total. The van der Waals surface area contributed by atoms with Gasteiger partial charge in [0.2, 0.25) is 5.75 Å². The Kier molecular flexibility index (Phi) is 4.63. The summed E-state index contributed by atoms with van der Waals surface area (Å²) in [6, 6.07) is 10.1. The zero-order valence-electron chi connectivity index (χ0n) is 11.7. The average molecular weight is 301 g/mol. The van der Waals surface area contributed by atoms with E-state index in [2.05, 4.69) is 0 Å². The number of halogens is 1. The maximum Gasteiger partial charge on any atom is 0.336 e. The van der Waals surface area contributed by atoms with Crippen molar-refractivity contribution in [2.45, 2.75) is 6.92 Å². The minimum absolute atomic E-state index is 0.427. The van der Waals surface area contributed by atoms with Gasteiger partial charge in [0.25, 0.3) is 0 Å². The van der Waals surface area contributed by atoms with Crippen LogP contribution in [0.15, 0.2) is 48.5 Å². The fourth-order valence-electron chi connectivity index (χ4n) is 1.80. The second-order valence-corrected chi connectivity index (χ2v) is 4.54. The van der Waals surface area contributed by atoms with Crippen molar-refractivity contribution < 1.29 is 18.8 Å². The highest BCUT2D eigenvalue weighted by molar-refractivity contribution is 5.89. The van der Waals surface area contributed by atoms with Crippen molar-refractivity contribution in [3.8, 4) is 5.75 Å². The Hall–Kier alpha value is -3.02. The zero-order chi connectivity index (χ0) is 16.1. The van der Waals surface area contributed by atoms with Gasteiger partial charge in [-0.05, 0) is 24.6 Å². The van der Waals surface area contributed by atoms with Crippen LogP contribution in [0.2, 0.25) is 0 Å². The lowest BCUT2D eigenvalue weighted by molar-refractivity contribution is -0.385. The van der Waals surface area contributed by atoms with Crippen LogP contribution in [0.4, 0.5) is 10.1 Å². The molecular formula is C16H12FNO4. The van der Waals surface area contributed by atoms with Crippen LogP contribution in [0.5, 0.6) is 5.75 Å². The summed E-state index contributed by atoms with van der Waals surface area (Å²) in [7, 11) is 0. The molecule has 0 radical (unpaired) electrons. The molecule has 0 aliphatic heterocycles. The molecule has 0 amide bonds. The molecule has 0 spiro atoms. The Morgan fingerprint density at radius 3 is 2.73 bits per heavy atom. The predicted molar refractivity (Wildman–Crippen MR) is 78.9 cm³/mol. The van der Waals surface area contributed by atoms with E-state index in [4.69, 9.17) is 4.74 Å². The van der Waals surface area contributed by atoms with Gasteiger partial charge in [-0.3, -0.25) is 10.1 Å². The van der Waals surface area contributed by atoms with Crippen LogP contribution in [-0.4, -0.2) is 10.9 Å². The van der Waals surface area contributed by atoms with Crippen molar-refractivity contribution >= 4 is 17.7 Å². The first-order valence-corrected chi connectivity index (χ1v) is 6.36. The minimum Gasteiger partial charge on any atom is -0.416 e. The number of hydrogen-bond donors (Lipinski definition) is 0. The largest absolute Gasteiger partial charge is 0.416 e. The van der Waals surface area contributed by atoms with E-state index in [1.807, 2.05) is 25.1 Å². The molecular weight excluding hydrogens is 289 g/mol. The van der Waals surface area contributed by atoms with Crippen molar-refractivity contribution in [1.29, 1.82) is 0 Å². The summed E-state index contributed by atoms with van der Waals surface area (Å²) >= 11 is 0. The monoisotopic (exact) mass is 301 g/mol. The number of esters is 1. The number of benzene rings is 2. The third-order valence-electron chi connectivity index (χ3n) is 2.78. The Morgan fingerprint density at radius 2 is 2.05 bits per heavy atom. The van der Waals surface area contributed by atoms with Crippen LogP contribution in [0, 0.1) is 22.9 Å². The van der Waals surface area contributed by atoms with E-state index in [1.54, 1.807) is 6.07 Å². The van der Waals surface area contributed by atoms with E-state index in [0.29, 0.717) is 0 Å². The summed E-state index contributed by atoms with van der Waals surface area (Å²) in [6.45, 7) is 1.91. The highest BCUT2D eigenvalue weighted by Crippen LogP contribution is 2.27. The molecule has 0 heterocycles. The second kappa shape index (κ2) is 6.62. The molecule has 6 heteroatoms. The molecule has 2 aromatic carbocycles. The average Bonchev–Trinajstić information content (AvgIpc) is 2.45. The van der Waals surface area contributed by atoms with Gasteiger partial charge < -0.3 is 4.74 Å². The van der Waals surface area contributed by atoms with Crippen LogP contribution in [0.25, 0.3) is 6.08 Å². The standard InChI is InChI=1S/C16H12FNO4/c1-11-3-2-4-12(9-11)5-8-16(19)22-15-10-13(17)6-7-14(15)18(20)21/h2-10H,1H3/b8-5+. The zero-order valence-corrected chi connectivity index (χ0v) is 11.7. The van der Waals surface area contributed by atoms with Crippen molar-refractivity contribution in [2.75, 3.05) is 0 Å². The van der Waals surface area contributed by atoms with Gasteiger partial charge in [-0.1, -0.05) is 29.8 Å². The third-order valence-corrected chi connectivity index (χ3v) is 2.78. The van der Waals surface area contributed by atoms with E-state index in [0.717, 1.165) is 35.4 Å². The topological polar surface area (TPSA) is 69.4 Å². The Bertz CT molecular complexity index is 756. The molecule has 0 atom stereocenters. The minimum atomic E-state index is -0.824. The van der Waals surface area contributed by atoms with Crippen LogP contribution in [0.1, 0.15) is 11.1 Å².